The third-order valence-electron chi connectivity index (χ3n) is 5.23. The first-order chi connectivity index (χ1) is 8.55. The lowest BCUT2D eigenvalue weighted by Crippen LogP contribution is -2.49. The fourth-order valence-corrected chi connectivity index (χ4v) is 3.96. The van der Waals surface area contributed by atoms with Crippen LogP contribution in [0.2, 0.25) is 0 Å². The second-order valence-corrected chi connectivity index (χ2v) is 7.38. The van der Waals surface area contributed by atoms with Crippen molar-refractivity contribution in [3.8, 4) is 0 Å². The summed E-state index contributed by atoms with van der Waals surface area (Å²) in [7, 11) is 2.17. The largest absolute Gasteiger partial charge is 0.314 e. The quantitative estimate of drug-likeness (QED) is 0.825. The predicted octanol–water partition coefficient (Wildman–Crippen LogP) is 3.42. The van der Waals surface area contributed by atoms with Gasteiger partial charge in [-0.2, -0.15) is 0 Å². The Balaban J connectivity index is 1.82. The molecule has 1 N–H and O–H groups in total. The van der Waals surface area contributed by atoms with E-state index < -0.39 is 0 Å². The molecule has 0 aromatic heterocycles. The Hall–Kier alpha value is -0.0800. The Kier molecular flexibility index (Phi) is 4.71. The second-order valence-electron chi connectivity index (χ2n) is 7.38. The van der Waals surface area contributed by atoms with Crippen LogP contribution < -0.4 is 5.32 Å². The standard InChI is InChI=1S/C16H32N2/c1-15(2)8-7-12-18(14-15)13-11-16(17-3)9-5-4-6-10-16/h17H,4-14H2,1-3H3. The molecule has 0 aromatic rings. The third-order valence-corrected chi connectivity index (χ3v) is 5.23. The van der Waals surface area contributed by atoms with Crippen LogP contribution in [-0.2, 0) is 0 Å². The van der Waals surface area contributed by atoms with Gasteiger partial charge in [0.2, 0.25) is 0 Å². The van der Waals surface area contributed by atoms with Gasteiger partial charge < -0.3 is 10.2 Å². The fourth-order valence-electron chi connectivity index (χ4n) is 3.96. The third kappa shape index (κ3) is 3.71. The van der Waals surface area contributed by atoms with E-state index in [1.165, 1.54) is 71.0 Å². The van der Waals surface area contributed by atoms with Gasteiger partial charge in [-0.05, 0) is 57.7 Å². The Bertz CT molecular complexity index is 254. The van der Waals surface area contributed by atoms with Crippen molar-refractivity contribution in [2.75, 3.05) is 26.7 Å². The highest BCUT2D eigenvalue weighted by Crippen LogP contribution is 2.33. The SMILES string of the molecule is CNC1(CCN2CCCC(C)(C)C2)CCCCC1. The molecular weight excluding hydrogens is 220 g/mol. The fraction of sp³-hybridized carbons (Fsp3) is 1.00. The molecule has 2 heteroatoms. The lowest BCUT2D eigenvalue weighted by atomic mass is 9.78. The van der Waals surface area contributed by atoms with Gasteiger partial charge in [-0.3, -0.25) is 0 Å². The highest BCUT2D eigenvalue weighted by atomic mass is 15.1. The van der Waals surface area contributed by atoms with Crippen LogP contribution in [-0.4, -0.2) is 37.1 Å². The molecule has 1 saturated heterocycles. The zero-order valence-corrected chi connectivity index (χ0v) is 12.7. The maximum Gasteiger partial charge on any atom is 0.0190 e. The molecule has 0 radical (unpaired) electrons. The zero-order valence-electron chi connectivity index (χ0n) is 12.7. The number of nitrogens with zero attached hydrogens (tertiary/aromatic N) is 1. The summed E-state index contributed by atoms with van der Waals surface area (Å²) in [4.78, 5) is 2.71. The number of likely N-dealkylation sites (tertiary alicyclic amines) is 1. The van der Waals surface area contributed by atoms with Crippen LogP contribution in [0.15, 0.2) is 0 Å². The van der Waals surface area contributed by atoms with E-state index in [1.807, 2.05) is 0 Å². The van der Waals surface area contributed by atoms with E-state index in [-0.39, 0.29) is 0 Å². The zero-order chi connectivity index (χ0) is 13.1. The Morgan fingerprint density at radius 1 is 1.00 bits per heavy atom. The molecule has 0 atom stereocenters. The van der Waals surface area contributed by atoms with Crippen LogP contribution in [0.3, 0.4) is 0 Å². The molecule has 2 aliphatic rings. The Morgan fingerprint density at radius 3 is 2.33 bits per heavy atom. The summed E-state index contributed by atoms with van der Waals surface area (Å²) in [6.45, 7) is 8.77. The molecule has 0 aromatic carbocycles. The Morgan fingerprint density at radius 2 is 1.72 bits per heavy atom. The van der Waals surface area contributed by atoms with Crippen molar-refractivity contribution < 1.29 is 0 Å². The average Bonchev–Trinajstić information content (AvgIpc) is 2.36. The van der Waals surface area contributed by atoms with E-state index in [9.17, 15) is 0 Å². The summed E-state index contributed by atoms with van der Waals surface area (Å²) in [5, 5.41) is 3.65. The first kappa shape index (κ1) is 14.3. The van der Waals surface area contributed by atoms with Gasteiger partial charge in [-0.25, -0.2) is 0 Å². The molecule has 0 spiro atoms. The van der Waals surface area contributed by atoms with Gasteiger partial charge >= 0.3 is 0 Å². The summed E-state index contributed by atoms with van der Waals surface area (Å²) < 4.78 is 0. The molecule has 1 aliphatic heterocycles. The van der Waals surface area contributed by atoms with Crippen LogP contribution in [0.5, 0.6) is 0 Å². The van der Waals surface area contributed by atoms with E-state index in [4.69, 9.17) is 0 Å². The van der Waals surface area contributed by atoms with Gasteiger partial charge in [0.05, 0.1) is 0 Å². The average molecular weight is 252 g/mol. The van der Waals surface area contributed by atoms with E-state index in [2.05, 4.69) is 31.1 Å². The number of rotatable bonds is 4. The topological polar surface area (TPSA) is 15.3 Å². The van der Waals surface area contributed by atoms with Crippen molar-refractivity contribution in [3.05, 3.63) is 0 Å². The van der Waals surface area contributed by atoms with E-state index >= 15 is 0 Å². The van der Waals surface area contributed by atoms with Crippen molar-refractivity contribution in [3.63, 3.8) is 0 Å². The van der Waals surface area contributed by atoms with Crippen LogP contribution in [0.1, 0.15) is 65.2 Å². The van der Waals surface area contributed by atoms with E-state index in [0.717, 1.165) is 0 Å². The number of nitrogens with one attached hydrogen (secondary N) is 1. The number of hydrogen-bond acceptors (Lipinski definition) is 2. The molecule has 0 unspecified atom stereocenters. The van der Waals surface area contributed by atoms with Crippen LogP contribution in [0.4, 0.5) is 0 Å². The molecule has 2 fully saturated rings. The van der Waals surface area contributed by atoms with E-state index in [0.29, 0.717) is 11.0 Å². The van der Waals surface area contributed by atoms with Crippen LogP contribution >= 0.6 is 0 Å². The maximum absolute atomic E-state index is 3.65. The normalized spacial score (nSPS) is 28.2. The minimum Gasteiger partial charge on any atom is -0.314 e. The summed E-state index contributed by atoms with van der Waals surface area (Å²) >= 11 is 0. The van der Waals surface area contributed by atoms with Gasteiger partial charge in [0.15, 0.2) is 0 Å². The van der Waals surface area contributed by atoms with Crippen molar-refractivity contribution in [2.45, 2.75) is 70.8 Å². The van der Waals surface area contributed by atoms with Crippen molar-refractivity contribution in [2.24, 2.45) is 5.41 Å². The van der Waals surface area contributed by atoms with Gasteiger partial charge in [0.25, 0.3) is 0 Å². The molecule has 0 amide bonds. The van der Waals surface area contributed by atoms with Gasteiger partial charge in [0, 0.05) is 12.1 Å². The predicted molar refractivity (Wildman–Crippen MR) is 78.9 cm³/mol. The first-order valence-corrected chi connectivity index (χ1v) is 7.97. The van der Waals surface area contributed by atoms with Crippen LogP contribution in [0, 0.1) is 5.41 Å². The van der Waals surface area contributed by atoms with E-state index in [1.54, 1.807) is 0 Å². The minimum atomic E-state index is 0.458. The lowest BCUT2D eigenvalue weighted by Gasteiger charge is -2.42. The number of hydrogen-bond donors (Lipinski definition) is 1. The number of piperidine rings is 1. The van der Waals surface area contributed by atoms with Crippen LogP contribution in [0.25, 0.3) is 0 Å². The van der Waals surface area contributed by atoms with Gasteiger partial charge in [-0.1, -0.05) is 33.1 Å². The molecule has 18 heavy (non-hydrogen) atoms. The summed E-state index contributed by atoms with van der Waals surface area (Å²) in [6.07, 6.45) is 11.2. The monoisotopic (exact) mass is 252 g/mol. The molecule has 1 saturated carbocycles. The summed E-state index contributed by atoms with van der Waals surface area (Å²) in [5.74, 6) is 0. The molecule has 0 bridgehead atoms. The highest BCUT2D eigenvalue weighted by molar-refractivity contribution is 4.91. The maximum atomic E-state index is 3.65. The molecule has 1 heterocycles. The molecule has 2 nitrogen and oxygen atoms in total. The van der Waals surface area contributed by atoms with Crippen molar-refractivity contribution in [1.29, 1.82) is 0 Å². The molecular formula is C16H32N2. The first-order valence-electron chi connectivity index (χ1n) is 7.97. The molecule has 106 valence electrons. The van der Waals surface area contributed by atoms with Gasteiger partial charge in [0.1, 0.15) is 0 Å². The Labute approximate surface area is 114 Å². The highest BCUT2D eigenvalue weighted by Gasteiger charge is 2.32. The molecule has 2 rings (SSSR count). The van der Waals surface area contributed by atoms with Gasteiger partial charge in [-0.15, -0.1) is 0 Å². The summed E-state index contributed by atoms with van der Waals surface area (Å²) in [5.41, 5.74) is 0.997. The van der Waals surface area contributed by atoms with Crippen molar-refractivity contribution >= 4 is 0 Å². The summed E-state index contributed by atoms with van der Waals surface area (Å²) in [6, 6.07) is 0. The van der Waals surface area contributed by atoms with Crippen molar-refractivity contribution in [1.82, 2.24) is 10.2 Å². The second kappa shape index (κ2) is 5.92. The lowest BCUT2D eigenvalue weighted by molar-refractivity contribution is 0.0992. The molecule has 1 aliphatic carbocycles. The smallest absolute Gasteiger partial charge is 0.0190 e. The minimum absolute atomic E-state index is 0.458.